The zero-order valence-corrected chi connectivity index (χ0v) is 16.8. The Morgan fingerprint density at radius 3 is 2.37 bits per heavy atom. The van der Waals surface area contributed by atoms with Gasteiger partial charge < -0.3 is 15.2 Å². The molecule has 1 heterocycles. The number of anilines is 1. The highest BCUT2D eigenvalue weighted by Gasteiger charge is 2.36. The molecule has 152 valence electrons. The van der Waals surface area contributed by atoms with Gasteiger partial charge in [0.15, 0.2) is 0 Å². The van der Waals surface area contributed by atoms with Gasteiger partial charge in [0.25, 0.3) is 11.1 Å². The average molecular weight is 421 g/mol. The lowest BCUT2D eigenvalue weighted by Gasteiger charge is -2.12. The molecule has 1 N–H and O–H groups in total. The fraction of sp³-hybridized carbons (Fsp3) is 0.0909. The van der Waals surface area contributed by atoms with E-state index in [1.807, 2.05) is 43.3 Å². The lowest BCUT2D eigenvalue weighted by molar-refractivity contribution is -0.255. The number of amides is 3. The van der Waals surface area contributed by atoms with Crippen LogP contribution in [0.4, 0.5) is 10.5 Å². The first kappa shape index (κ1) is 21.1. The highest BCUT2D eigenvalue weighted by molar-refractivity contribution is 8.18. The molecule has 3 rings (SSSR count). The van der Waals surface area contributed by atoms with Gasteiger partial charge in [0.2, 0.25) is 5.91 Å². The van der Waals surface area contributed by atoms with Gasteiger partial charge in [-0.25, -0.2) is 0 Å². The van der Waals surface area contributed by atoms with Crippen molar-refractivity contribution >= 4 is 46.5 Å². The molecule has 0 aliphatic carbocycles. The van der Waals surface area contributed by atoms with E-state index < -0.39 is 29.6 Å². The first-order chi connectivity index (χ1) is 14.3. The Hall–Kier alpha value is -3.65. The Balaban J connectivity index is 1.65. The fourth-order valence-electron chi connectivity index (χ4n) is 2.73. The third-order valence-corrected chi connectivity index (χ3v) is 5.04. The lowest BCUT2D eigenvalue weighted by Crippen LogP contribution is -2.36. The third-order valence-electron chi connectivity index (χ3n) is 4.13. The van der Waals surface area contributed by atoms with Crippen molar-refractivity contribution in [2.24, 2.45) is 0 Å². The normalized spacial score (nSPS) is 15.6. The second-order valence-electron chi connectivity index (χ2n) is 6.48. The van der Waals surface area contributed by atoms with Gasteiger partial charge in [0.1, 0.15) is 6.54 Å². The molecule has 1 fully saturated rings. The summed E-state index contributed by atoms with van der Waals surface area (Å²) in [5.74, 6) is -2.43. The van der Waals surface area contributed by atoms with E-state index in [-0.39, 0.29) is 10.5 Å². The van der Waals surface area contributed by atoms with E-state index in [2.05, 4.69) is 5.32 Å². The average Bonchev–Trinajstić information content (AvgIpc) is 2.96. The molecule has 0 bridgehead atoms. The van der Waals surface area contributed by atoms with Crippen LogP contribution in [0.2, 0.25) is 0 Å². The maximum atomic E-state index is 12.5. The maximum absolute atomic E-state index is 12.5. The van der Waals surface area contributed by atoms with Gasteiger partial charge in [0, 0.05) is 5.69 Å². The molecule has 1 aliphatic heterocycles. The Kier molecular flexibility index (Phi) is 6.48. The highest BCUT2D eigenvalue weighted by Crippen LogP contribution is 2.31. The standard InChI is InChI=1S/C22H18N2O5S/c1-14(11-15-5-3-2-4-6-15)12-18-20(26)24(22(29)30-18)13-19(25)23-17-9-7-16(8-10-17)21(27)28/h2-12H,13H2,1H3,(H,23,25)(H,27,28)/p-1. The van der Waals surface area contributed by atoms with Crippen LogP contribution in [0.5, 0.6) is 0 Å². The summed E-state index contributed by atoms with van der Waals surface area (Å²) < 4.78 is 0. The van der Waals surface area contributed by atoms with Crippen LogP contribution in [0.15, 0.2) is 71.2 Å². The summed E-state index contributed by atoms with van der Waals surface area (Å²) in [6, 6.07) is 14.9. The molecular weight excluding hydrogens is 404 g/mol. The highest BCUT2D eigenvalue weighted by atomic mass is 32.2. The zero-order valence-electron chi connectivity index (χ0n) is 16.0. The van der Waals surface area contributed by atoms with Crippen LogP contribution in [0.25, 0.3) is 6.08 Å². The number of imide groups is 1. The number of nitrogens with zero attached hydrogens (tertiary/aromatic N) is 1. The molecule has 1 saturated heterocycles. The smallest absolute Gasteiger partial charge is 0.294 e. The second-order valence-corrected chi connectivity index (χ2v) is 7.47. The number of carboxylic acid groups (broad SMARTS) is 1. The van der Waals surface area contributed by atoms with Gasteiger partial charge in [0.05, 0.1) is 10.9 Å². The second kappa shape index (κ2) is 9.23. The monoisotopic (exact) mass is 421 g/mol. The van der Waals surface area contributed by atoms with Gasteiger partial charge in [-0.1, -0.05) is 48.5 Å². The van der Waals surface area contributed by atoms with E-state index >= 15 is 0 Å². The minimum atomic E-state index is -1.32. The van der Waals surface area contributed by atoms with E-state index in [0.717, 1.165) is 27.8 Å². The fourth-order valence-corrected chi connectivity index (χ4v) is 3.62. The molecule has 0 radical (unpaired) electrons. The first-order valence-corrected chi connectivity index (χ1v) is 9.75. The minimum Gasteiger partial charge on any atom is -0.545 e. The number of carbonyl (C=O) groups excluding carboxylic acids is 4. The third kappa shape index (κ3) is 5.24. The van der Waals surface area contributed by atoms with Gasteiger partial charge in [-0.15, -0.1) is 0 Å². The molecule has 0 spiro atoms. The number of benzene rings is 2. The molecule has 7 nitrogen and oxygen atoms in total. The Morgan fingerprint density at radius 2 is 1.73 bits per heavy atom. The Morgan fingerprint density at radius 1 is 1.07 bits per heavy atom. The molecule has 2 aromatic rings. The summed E-state index contributed by atoms with van der Waals surface area (Å²) >= 11 is 0.780. The molecule has 1 aliphatic rings. The lowest BCUT2D eigenvalue weighted by atomic mass is 10.1. The molecule has 0 atom stereocenters. The number of thioether (sulfide) groups is 1. The van der Waals surface area contributed by atoms with Crippen LogP contribution in [0.3, 0.4) is 0 Å². The van der Waals surface area contributed by atoms with E-state index in [0.29, 0.717) is 5.69 Å². The number of hydrogen-bond donors (Lipinski definition) is 1. The van der Waals surface area contributed by atoms with Crippen molar-refractivity contribution in [2.45, 2.75) is 6.92 Å². The van der Waals surface area contributed by atoms with Crippen molar-refractivity contribution in [2.75, 3.05) is 11.9 Å². The van der Waals surface area contributed by atoms with Crippen LogP contribution >= 0.6 is 11.8 Å². The van der Waals surface area contributed by atoms with Crippen LogP contribution in [-0.2, 0) is 9.59 Å². The summed E-state index contributed by atoms with van der Waals surface area (Å²) in [5.41, 5.74) is 2.08. The van der Waals surface area contributed by atoms with Crippen molar-refractivity contribution in [1.82, 2.24) is 4.90 Å². The van der Waals surface area contributed by atoms with Crippen LogP contribution in [0.1, 0.15) is 22.8 Å². The molecule has 0 aromatic heterocycles. The molecule has 2 aromatic carbocycles. The maximum Gasteiger partial charge on any atom is 0.294 e. The van der Waals surface area contributed by atoms with Crippen molar-refractivity contribution < 1.29 is 24.3 Å². The van der Waals surface area contributed by atoms with Gasteiger partial charge in [-0.05, 0) is 53.6 Å². The van der Waals surface area contributed by atoms with Crippen molar-refractivity contribution in [3.8, 4) is 0 Å². The quantitative estimate of drug-likeness (QED) is 0.719. The largest absolute Gasteiger partial charge is 0.545 e. The summed E-state index contributed by atoms with van der Waals surface area (Å²) in [5, 5.41) is 12.8. The van der Waals surface area contributed by atoms with Gasteiger partial charge in [-0.3, -0.25) is 19.3 Å². The summed E-state index contributed by atoms with van der Waals surface area (Å²) in [4.78, 5) is 48.8. The van der Waals surface area contributed by atoms with Crippen molar-refractivity contribution in [3.63, 3.8) is 0 Å². The summed E-state index contributed by atoms with van der Waals surface area (Å²) in [6.07, 6.45) is 3.51. The minimum absolute atomic E-state index is 0.0250. The van der Waals surface area contributed by atoms with Gasteiger partial charge >= 0.3 is 0 Å². The Bertz CT molecular complexity index is 1060. The molecular formula is C22H17N2O5S-. The van der Waals surface area contributed by atoms with Crippen molar-refractivity contribution in [3.05, 3.63) is 82.3 Å². The predicted molar refractivity (Wildman–Crippen MR) is 112 cm³/mol. The van der Waals surface area contributed by atoms with Crippen LogP contribution < -0.4 is 10.4 Å². The van der Waals surface area contributed by atoms with Crippen molar-refractivity contribution in [1.29, 1.82) is 0 Å². The topological polar surface area (TPSA) is 107 Å². The molecule has 0 unspecified atom stereocenters. The van der Waals surface area contributed by atoms with E-state index in [1.54, 1.807) is 6.08 Å². The zero-order chi connectivity index (χ0) is 21.7. The van der Waals surface area contributed by atoms with E-state index in [1.165, 1.54) is 24.3 Å². The number of hydrogen-bond acceptors (Lipinski definition) is 6. The number of rotatable bonds is 6. The summed E-state index contributed by atoms with van der Waals surface area (Å²) in [7, 11) is 0. The SMILES string of the molecule is CC(=Cc1ccccc1)C=C1SC(=O)N(CC(=O)Nc2ccc(C(=O)[O-])cc2)C1=O. The van der Waals surface area contributed by atoms with Gasteiger partial charge in [-0.2, -0.15) is 0 Å². The predicted octanol–water partition coefficient (Wildman–Crippen LogP) is 2.67. The Labute approximate surface area is 177 Å². The first-order valence-electron chi connectivity index (χ1n) is 8.93. The number of allylic oxidation sites excluding steroid dienone is 2. The number of aromatic carboxylic acids is 1. The molecule has 3 amide bonds. The van der Waals surface area contributed by atoms with Crippen LogP contribution in [0, 0.1) is 0 Å². The summed E-state index contributed by atoms with van der Waals surface area (Å²) in [6.45, 7) is 1.38. The van der Waals surface area contributed by atoms with Crippen LogP contribution in [-0.4, -0.2) is 34.5 Å². The molecule has 0 saturated carbocycles. The van der Waals surface area contributed by atoms with E-state index in [9.17, 15) is 24.3 Å². The number of carbonyl (C=O) groups is 4. The number of carboxylic acids is 1. The molecule has 30 heavy (non-hydrogen) atoms. The molecule has 8 heteroatoms. The van der Waals surface area contributed by atoms with E-state index in [4.69, 9.17) is 0 Å². The number of nitrogens with one attached hydrogen (secondary N) is 1.